The molecule has 112 valence electrons. The fraction of sp³-hybridized carbons (Fsp3) is 0.375. The van der Waals surface area contributed by atoms with Gasteiger partial charge in [0.05, 0.1) is 7.11 Å². The summed E-state index contributed by atoms with van der Waals surface area (Å²) >= 11 is 3.46. The molecule has 0 amide bonds. The van der Waals surface area contributed by atoms with E-state index in [1.54, 1.807) is 7.11 Å². The van der Waals surface area contributed by atoms with Crippen LogP contribution in [0.3, 0.4) is 0 Å². The molecule has 2 rings (SSSR count). The highest BCUT2D eigenvalue weighted by molar-refractivity contribution is 9.10. The minimum Gasteiger partial charge on any atom is -0.497 e. The molecule has 0 radical (unpaired) electrons. The van der Waals surface area contributed by atoms with Crippen molar-refractivity contribution in [3.05, 3.63) is 46.3 Å². The van der Waals surface area contributed by atoms with Gasteiger partial charge in [-0.25, -0.2) is 9.97 Å². The lowest BCUT2D eigenvalue weighted by atomic mass is 10.2. The molecule has 0 bridgehead atoms. The first-order chi connectivity index (χ1) is 9.99. The zero-order chi connectivity index (χ0) is 15.4. The second-order valence-corrected chi connectivity index (χ2v) is 6.08. The fourth-order valence-electron chi connectivity index (χ4n) is 1.96. The number of nitrogens with zero attached hydrogens (tertiary/aromatic N) is 3. The second-order valence-electron chi connectivity index (χ2n) is 5.27. The number of ether oxygens (including phenoxy) is 1. The summed E-state index contributed by atoms with van der Waals surface area (Å²) in [5.41, 5.74) is 1.21. The molecule has 21 heavy (non-hydrogen) atoms. The van der Waals surface area contributed by atoms with Crippen LogP contribution in [0.15, 0.2) is 34.9 Å². The Balaban J connectivity index is 2.17. The molecule has 5 heteroatoms. The van der Waals surface area contributed by atoms with Crippen LogP contribution in [-0.4, -0.2) is 24.1 Å². The highest BCUT2D eigenvalue weighted by atomic mass is 79.9. The predicted octanol–water partition coefficient (Wildman–Crippen LogP) is 4.01. The maximum absolute atomic E-state index is 5.18. The molecule has 0 aliphatic carbocycles. The first kappa shape index (κ1) is 15.8. The van der Waals surface area contributed by atoms with Crippen LogP contribution in [-0.2, 0) is 6.54 Å². The molecule has 2 aromatic rings. The molecule has 0 saturated carbocycles. The fourth-order valence-corrected chi connectivity index (χ4v) is 2.35. The van der Waals surface area contributed by atoms with Gasteiger partial charge in [-0.3, -0.25) is 0 Å². The molecular formula is C16H20BrN3O. The lowest BCUT2D eigenvalue weighted by Crippen LogP contribution is -2.19. The third kappa shape index (κ3) is 4.17. The highest BCUT2D eigenvalue weighted by Crippen LogP contribution is 2.21. The zero-order valence-corrected chi connectivity index (χ0v) is 14.4. The number of benzene rings is 1. The molecule has 1 aromatic carbocycles. The zero-order valence-electron chi connectivity index (χ0n) is 12.8. The van der Waals surface area contributed by atoms with E-state index in [2.05, 4.69) is 56.8 Å². The van der Waals surface area contributed by atoms with Crippen molar-refractivity contribution >= 4 is 21.7 Å². The summed E-state index contributed by atoms with van der Waals surface area (Å²) in [6.45, 7) is 4.97. The Morgan fingerprint density at radius 1 is 1.19 bits per heavy atom. The van der Waals surface area contributed by atoms with Crippen LogP contribution in [0.2, 0.25) is 0 Å². The molecular weight excluding hydrogens is 330 g/mol. The third-order valence-corrected chi connectivity index (χ3v) is 3.59. The molecule has 0 unspecified atom stereocenters. The standard InChI is InChI=1S/C16H20BrN3O/c1-11(2)16-18-14(17)9-15(19-16)20(3)10-12-5-7-13(21-4)8-6-12/h5-9,11H,10H2,1-4H3. The van der Waals surface area contributed by atoms with E-state index < -0.39 is 0 Å². The first-order valence-electron chi connectivity index (χ1n) is 6.88. The second kappa shape index (κ2) is 6.89. The van der Waals surface area contributed by atoms with E-state index in [9.17, 15) is 0 Å². The quantitative estimate of drug-likeness (QED) is 0.764. The van der Waals surface area contributed by atoms with Crippen LogP contribution in [0.1, 0.15) is 31.2 Å². The number of rotatable bonds is 5. The first-order valence-corrected chi connectivity index (χ1v) is 7.67. The van der Waals surface area contributed by atoms with Crippen LogP contribution in [0, 0.1) is 0 Å². The molecule has 1 heterocycles. The predicted molar refractivity (Wildman–Crippen MR) is 88.9 cm³/mol. The summed E-state index contributed by atoms with van der Waals surface area (Å²) in [5.74, 6) is 2.93. The molecule has 0 atom stereocenters. The van der Waals surface area contributed by atoms with Crippen LogP contribution in [0.5, 0.6) is 5.75 Å². The smallest absolute Gasteiger partial charge is 0.134 e. The number of methoxy groups -OCH3 is 1. The van der Waals surface area contributed by atoms with Gasteiger partial charge in [-0.2, -0.15) is 0 Å². The minimum absolute atomic E-state index is 0.302. The van der Waals surface area contributed by atoms with E-state index in [1.807, 2.05) is 25.2 Å². The van der Waals surface area contributed by atoms with Crippen molar-refractivity contribution in [1.29, 1.82) is 0 Å². The van der Waals surface area contributed by atoms with Crippen molar-refractivity contribution in [2.24, 2.45) is 0 Å². The summed E-state index contributed by atoms with van der Waals surface area (Å²) in [4.78, 5) is 11.1. The van der Waals surface area contributed by atoms with E-state index in [1.165, 1.54) is 5.56 Å². The molecule has 0 spiro atoms. The van der Waals surface area contributed by atoms with Crippen LogP contribution >= 0.6 is 15.9 Å². The topological polar surface area (TPSA) is 38.2 Å². The van der Waals surface area contributed by atoms with Gasteiger partial charge in [-0.1, -0.05) is 26.0 Å². The summed E-state index contributed by atoms with van der Waals surface area (Å²) in [7, 11) is 3.70. The summed E-state index contributed by atoms with van der Waals surface area (Å²) < 4.78 is 5.99. The molecule has 0 aliphatic heterocycles. The normalized spacial score (nSPS) is 10.8. The highest BCUT2D eigenvalue weighted by Gasteiger charge is 2.10. The van der Waals surface area contributed by atoms with Crippen molar-refractivity contribution in [3.8, 4) is 5.75 Å². The SMILES string of the molecule is COc1ccc(CN(C)c2cc(Br)nc(C(C)C)n2)cc1. The number of aromatic nitrogens is 2. The summed E-state index contributed by atoms with van der Waals surface area (Å²) in [6, 6.07) is 10.0. The monoisotopic (exact) mass is 349 g/mol. The number of halogens is 1. The average molecular weight is 350 g/mol. The Morgan fingerprint density at radius 3 is 2.43 bits per heavy atom. The Hall–Kier alpha value is -1.62. The van der Waals surface area contributed by atoms with E-state index in [4.69, 9.17) is 4.74 Å². The molecule has 0 aliphatic rings. The molecule has 4 nitrogen and oxygen atoms in total. The Morgan fingerprint density at radius 2 is 1.86 bits per heavy atom. The van der Waals surface area contributed by atoms with Gasteiger partial charge in [0.15, 0.2) is 0 Å². The third-order valence-electron chi connectivity index (χ3n) is 3.18. The molecule has 0 fully saturated rings. The minimum atomic E-state index is 0.302. The van der Waals surface area contributed by atoms with Gasteiger partial charge >= 0.3 is 0 Å². The van der Waals surface area contributed by atoms with Crippen molar-refractivity contribution in [2.45, 2.75) is 26.3 Å². The summed E-state index contributed by atoms with van der Waals surface area (Å²) in [6.07, 6.45) is 0. The molecule has 1 aromatic heterocycles. The van der Waals surface area contributed by atoms with Gasteiger partial charge in [0, 0.05) is 25.6 Å². The van der Waals surface area contributed by atoms with Crippen molar-refractivity contribution < 1.29 is 4.74 Å². The largest absolute Gasteiger partial charge is 0.497 e. The average Bonchev–Trinajstić information content (AvgIpc) is 2.47. The summed E-state index contributed by atoms with van der Waals surface area (Å²) in [5, 5.41) is 0. The number of hydrogen-bond donors (Lipinski definition) is 0. The van der Waals surface area contributed by atoms with Crippen LogP contribution in [0.25, 0.3) is 0 Å². The molecule has 0 N–H and O–H groups in total. The lowest BCUT2D eigenvalue weighted by Gasteiger charge is -2.20. The van der Waals surface area contributed by atoms with Crippen molar-refractivity contribution in [3.63, 3.8) is 0 Å². The Labute approximate surface area is 134 Å². The van der Waals surface area contributed by atoms with Gasteiger partial charge in [0.1, 0.15) is 22.0 Å². The van der Waals surface area contributed by atoms with Crippen molar-refractivity contribution in [1.82, 2.24) is 9.97 Å². The Kier molecular flexibility index (Phi) is 5.17. The number of hydrogen-bond acceptors (Lipinski definition) is 4. The Bertz CT molecular complexity index is 599. The van der Waals surface area contributed by atoms with Gasteiger partial charge in [-0.05, 0) is 33.6 Å². The van der Waals surface area contributed by atoms with E-state index >= 15 is 0 Å². The van der Waals surface area contributed by atoms with E-state index in [0.29, 0.717) is 5.92 Å². The van der Waals surface area contributed by atoms with Crippen molar-refractivity contribution in [2.75, 3.05) is 19.1 Å². The van der Waals surface area contributed by atoms with Gasteiger partial charge in [-0.15, -0.1) is 0 Å². The van der Waals surface area contributed by atoms with Crippen LogP contribution in [0.4, 0.5) is 5.82 Å². The van der Waals surface area contributed by atoms with Gasteiger partial charge < -0.3 is 9.64 Å². The molecule has 0 saturated heterocycles. The lowest BCUT2D eigenvalue weighted by molar-refractivity contribution is 0.414. The van der Waals surface area contributed by atoms with E-state index in [0.717, 1.165) is 28.5 Å². The van der Waals surface area contributed by atoms with Crippen LogP contribution < -0.4 is 9.64 Å². The maximum Gasteiger partial charge on any atom is 0.134 e. The van der Waals surface area contributed by atoms with E-state index in [-0.39, 0.29) is 0 Å². The van der Waals surface area contributed by atoms with Gasteiger partial charge in [0.25, 0.3) is 0 Å². The van der Waals surface area contributed by atoms with Gasteiger partial charge in [0.2, 0.25) is 0 Å². The maximum atomic E-state index is 5.18. The number of anilines is 1.